The summed E-state index contributed by atoms with van der Waals surface area (Å²) in [7, 11) is 1.54. The maximum absolute atomic E-state index is 12.6. The Morgan fingerprint density at radius 3 is 2.74 bits per heavy atom. The lowest BCUT2D eigenvalue weighted by Gasteiger charge is -2.34. The van der Waals surface area contributed by atoms with Crippen LogP contribution in [0.15, 0.2) is 12.1 Å². The van der Waals surface area contributed by atoms with Gasteiger partial charge in [-0.3, -0.25) is 4.79 Å². The molecule has 4 nitrogen and oxygen atoms in total. The summed E-state index contributed by atoms with van der Waals surface area (Å²) in [5, 5.41) is 3.54. The van der Waals surface area contributed by atoms with Gasteiger partial charge in [-0.25, -0.2) is 0 Å². The van der Waals surface area contributed by atoms with E-state index in [9.17, 15) is 4.79 Å². The SMILES string of the molecule is CCOc1c(Cl)cc(C(=O)N[C@@H]2CCC[C@@H](C)[C@H]2C)cc1OC. The third-order valence-corrected chi connectivity index (χ3v) is 5.08. The zero-order chi connectivity index (χ0) is 17.0. The number of methoxy groups -OCH3 is 1. The van der Waals surface area contributed by atoms with Gasteiger partial charge in [-0.15, -0.1) is 0 Å². The first kappa shape index (κ1) is 17.9. The lowest BCUT2D eigenvalue weighted by molar-refractivity contribution is 0.0890. The van der Waals surface area contributed by atoms with E-state index in [-0.39, 0.29) is 11.9 Å². The molecule has 1 aliphatic rings. The Morgan fingerprint density at radius 2 is 2.09 bits per heavy atom. The maximum Gasteiger partial charge on any atom is 0.251 e. The Kier molecular flexibility index (Phi) is 6.17. The number of hydrogen-bond acceptors (Lipinski definition) is 3. The zero-order valence-electron chi connectivity index (χ0n) is 14.3. The number of hydrogen-bond donors (Lipinski definition) is 1. The first-order valence-electron chi connectivity index (χ1n) is 8.29. The lowest BCUT2D eigenvalue weighted by atomic mass is 9.78. The van der Waals surface area contributed by atoms with E-state index in [1.165, 1.54) is 6.42 Å². The van der Waals surface area contributed by atoms with Gasteiger partial charge in [0.1, 0.15) is 0 Å². The van der Waals surface area contributed by atoms with Crippen molar-refractivity contribution in [1.29, 1.82) is 0 Å². The standard InChI is InChI=1S/C18H26ClNO3/c1-5-23-17-14(19)9-13(10-16(17)22-4)18(21)20-15-8-6-7-11(2)12(15)3/h9-12,15H,5-8H2,1-4H3,(H,20,21)/t11-,12-,15-/m1/s1. The molecule has 1 saturated carbocycles. The molecule has 1 fully saturated rings. The molecule has 2 rings (SSSR count). The molecule has 0 spiro atoms. The van der Waals surface area contributed by atoms with Crippen molar-refractivity contribution in [3.63, 3.8) is 0 Å². The summed E-state index contributed by atoms with van der Waals surface area (Å²) >= 11 is 6.25. The minimum Gasteiger partial charge on any atom is -0.493 e. The third-order valence-electron chi connectivity index (χ3n) is 4.80. The fourth-order valence-corrected chi connectivity index (χ4v) is 3.44. The summed E-state index contributed by atoms with van der Waals surface area (Å²) in [6, 6.07) is 3.53. The highest BCUT2D eigenvalue weighted by Gasteiger charge is 2.28. The van der Waals surface area contributed by atoms with Crippen molar-refractivity contribution in [2.24, 2.45) is 11.8 Å². The minimum atomic E-state index is -0.112. The predicted octanol–water partition coefficient (Wildman–Crippen LogP) is 4.30. The summed E-state index contributed by atoms with van der Waals surface area (Å²) < 4.78 is 10.8. The maximum atomic E-state index is 12.6. The van der Waals surface area contributed by atoms with Crippen LogP contribution >= 0.6 is 11.6 Å². The highest BCUT2D eigenvalue weighted by Crippen LogP contribution is 2.36. The van der Waals surface area contributed by atoms with Crippen LogP contribution < -0.4 is 14.8 Å². The topological polar surface area (TPSA) is 47.6 Å². The molecule has 0 heterocycles. The van der Waals surface area contributed by atoms with E-state index in [0.29, 0.717) is 40.5 Å². The molecule has 0 saturated heterocycles. The van der Waals surface area contributed by atoms with E-state index in [1.54, 1.807) is 19.2 Å². The Bertz CT molecular complexity index is 561. The average molecular weight is 340 g/mol. The molecule has 23 heavy (non-hydrogen) atoms. The fourth-order valence-electron chi connectivity index (χ4n) is 3.17. The second-order valence-corrected chi connectivity index (χ2v) is 6.68. The van der Waals surface area contributed by atoms with Gasteiger partial charge in [0, 0.05) is 11.6 Å². The number of benzene rings is 1. The molecule has 0 aromatic heterocycles. The van der Waals surface area contributed by atoms with Crippen LogP contribution in [0.2, 0.25) is 5.02 Å². The molecular formula is C18H26ClNO3. The largest absolute Gasteiger partial charge is 0.493 e. The summed E-state index contributed by atoms with van der Waals surface area (Å²) in [6.07, 6.45) is 3.42. The first-order chi connectivity index (χ1) is 11.0. The summed E-state index contributed by atoms with van der Waals surface area (Å²) in [4.78, 5) is 12.6. The van der Waals surface area contributed by atoms with Gasteiger partial charge in [0.05, 0.1) is 18.7 Å². The smallest absolute Gasteiger partial charge is 0.251 e. The van der Waals surface area contributed by atoms with Crippen LogP contribution in [0.5, 0.6) is 11.5 Å². The number of nitrogens with one attached hydrogen (secondary N) is 1. The molecule has 3 atom stereocenters. The molecule has 1 N–H and O–H groups in total. The second kappa shape index (κ2) is 7.91. The van der Waals surface area contributed by atoms with E-state index in [1.807, 2.05) is 6.92 Å². The molecule has 0 bridgehead atoms. The van der Waals surface area contributed by atoms with Crippen molar-refractivity contribution in [3.8, 4) is 11.5 Å². The monoisotopic (exact) mass is 339 g/mol. The van der Waals surface area contributed by atoms with Gasteiger partial charge in [0.2, 0.25) is 0 Å². The van der Waals surface area contributed by atoms with Gasteiger partial charge in [-0.2, -0.15) is 0 Å². The van der Waals surface area contributed by atoms with Crippen molar-refractivity contribution >= 4 is 17.5 Å². The van der Waals surface area contributed by atoms with E-state index in [4.69, 9.17) is 21.1 Å². The molecule has 0 aliphatic heterocycles. The number of carbonyl (C=O) groups is 1. The predicted molar refractivity (Wildman–Crippen MR) is 92.6 cm³/mol. The molecule has 0 radical (unpaired) electrons. The molecule has 128 valence electrons. The molecule has 5 heteroatoms. The summed E-state index contributed by atoms with van der Waals surface area (Å²) in [6.45, 7) is 6.82. The Balaban J connectivity index is 2.17. The van der Waals surface area contributed by atoms with E-state index in [0.717, 1.165) is 12.8 Å². The molecular weight excluding hydrogens is 314 g/mol. The van der Waals surface area contributed by atoms with Crippen LogP contribution in [0.1, 0.15) is 50.4 Å². The Labute approximate surface area is 143 Å². The van der Waals surface area contributed by atoms with Crippen LogP contribution in [0, 0.1) is 11.8 Å². The van der Waals surface area contributed by atoms with Crippen LogP contribution in [0.4, 0.5) is 0 Å². The molecule has 1 aromatic rings. The highest BCUT2D eigenvalue weighted by atomic mass is 35.5. The highest BCUT2D eigenvalue weighted by molar-refractivity contribution is 6.32. The van der Waals surface area contributed by atoms with Gasteiger partial charge < -0.3 is 14.8 Å². The van der Waals surface area contributed by atoms with Crippen molar-refractivity contribution in [3.05, 3.63) is 22.7 Å². The number of carbonyl (C=O) groups excluding carboxylic acids is 1. The Hall–Kier alpha value is -1.42. The van der Waals surface area contributed by atoms with Crippen molar-refractivity contribution in [2.75, 3.05) is 13.7 Å². The van der Waals surface area contributed by atoms with Gasteiger partial charge in [-0.1, -0.05) is 38.3 Å². The number of halogens is 1. The fraction of sp³-hybridized carbons (Fsp3) is 0.611. The number of amides is 1. The molecule has 1 amide bonds. The van der Waals surface area contributed by atoms with Crippen molar-refractivity contribution in [2.45, 2.75) is 46.1 Å². The van der Waals surface area contributed by atoms with Crippen molar-refractivity contribution < 1.29 is 14.3 Å². The van der Waals surface area contributed by atoms with E-state index < -0.39 is 0 Å². The minimum absolute atomic E-state index is 0.112. The first-order valence-corrected chi connectivity index (χ1v) is 8.66. The normalized spacial score (nSPS) is 24.1. The third kappa shape index (κ3) is 4.11. The Morgan fingerprint density at radius 1 is 1.35 bits per heavy atom. The summed E-state index contributed by atoms with van der Waals surface area (Å²) in [5.74, 6) is 1.96. The van der Waals surface area contributed by atoms with Crippen LogP contribution in [0.25, 0.3) is 0 Å². The molecule has 1 aromatic carbocycles. The van der Waals surface area contributed by atoms with Gasteiger partial charge in [-0.05, 0) is 37.3 Å². The van der Waals surface area contributed by atoms with Gasteiger partial charge >= 0.3 is 0 Å². The summed E-state index contributed by atoms with van der Waals surface area (Å²) in [5.41, 5.74) is 0.501. The lowest BCUT2D eigenvalue weighted by Crippen LogP contribution is -2.43. The quantitative estimate of drug-likeness (QED) is 0.869. The average Bonchev–Trinajstić information content (AvgIpc) is 2.53. The second-order valence-electron chi connectivity index (χ2n) is 6.27. The van der Waals surface area contributed by atoms with E-state index >= 15 is 0 Å². The van der Waals surface area contributed by atoms with E-state index in [2.05, 4.69) is 19.2 Å². The number of rotatable bonds is 5. The van der Waals surface area contributed by atoms with Gasteiger partial charge in [0.25, 0.3) is 5.91 Å². The zero-order valence-corrected chi connectivity index (χ0v) is 15.1. The van der Waals surface area contributed by atoms with Crippen molar-refractivity contribution in [1.82, 2.24) is 5.32 Å². The van der Waals surface area contributed by atoms with Crippen LogP contribution in [-0.2, 0) is 0 Å². The van der Waals surface area contributed by atoms with Crippen LogP contribution in [-0.4, -0.2) is 25.7 Å². The molecule has 1 aliphatic carbocycles. The van der Waals surface area contributed by atoms with Crippen LogP contribution in [0.3, 0.4) is 0 Å². The molecule has 0 unspecified atom stereocenters. The number of ether oxygens (including phenoxy) is 2. The van der Waals surface area contributed by atoms with Gasteiger partial charge in [0.15, 0.2) is 11.5 Å².